The number of hydrogen-bond donors (Lipinski definition) is 2. The van der Waals surface area contributed by atoms with E-state index in [9.17, 15) is 5.11 Å². The van der Waals surface area contributed by atoms with Crippen LogP contribution in [-0.4, -0.2) is 23.8 Å². The monoisotopic (exact) mass is 247 g/mol. The molecule has 0 amide bonds. The molecular formula is C16H25NO. The van der Waals surface area contributed by atoms with Gasteiger partial charge in [0, 0.05) is 12.6 Å². The molecule has 0 heterocycles. The highest BCUT2D eigenvalue weighted by Crippen LogP contribution is 2.38. The van der Waals surface area contributed by atoms with Gasteiger partial charge in [0.1, 0.15) is 0 Å². The summed E-state index contributed by atoms with van der Waals surface area (Å²) in [5, 5.41) is 12.8. The van der Waals surface area contributed by atoms with E-state index in [4.69, 9.17) is 0 Å². The van der Waals surface area contributed by atoms with Crippen LogP contribution in [0.5, 0.6) is 0 Å². The predicted octanol–water partition coefficient (Wildman–Crippen LogP) is 2.86. The van der Waals surface area contributed by atoms with Crippen molar-refractivity contribution in [2.75, 3.05) is 6.54 Å². The van der Waals surface area contributed by atoms with Gasteiger partial charge in [0.05, 0.1) is 6.10 Å². The second-order valence-corrected chi connectivity index (χ2v) is 5.96. The van der Waals surface area contributed by atoms with Crippen LogP contribution in [0.1, 0.15) is 45.1 Å². The molecule has 1 fully saturated rings. The van der Waals surface area contributed by atoms with Crippen molar-refractivity contribution in [3.8, 4) is 0 Å². The quantitative estimate of drug-likeness (QED) is 0.857. The maximum atomic E-state index is 9.30. The first-order chi connectivity index (χ1) is 8.60. The number of nitrogens with one attached hydrogen (secondary N) is 1. The Morgan fingerprint density at radius 3 is 2.44 bits per heavy atom. The van der Waals surface area contributed by atoms with Gasteiger partial charge in [-0.1, -0.05) is 37.3 Å². The summed E-state index contributed by atoms with van der Waals surface area (Å²) in [6.07, 6.45) is 4.63. The molecule has 0 bridgehead atoms. The van der Waals surface area contributed by atoms with Crippen molar-refractivity contribution in [1.82, 2.24) is 5.32 Å². The Morgan fingerprint density at radius 1 is 1.28 bits per heavy atom. The summed E-state index contributed by atoms with van der Waals surface area (Å²) in [6.45, 7) is 4.93. The first-order valence-electron chi connectivity index (χ1n) is 7.07. The predicted molar refractivity (Wildman–Crippen MR) is 75.7 cm³/mol. The van der Waals surface area contributed by atoms with E-state index in [0.717, 1.165) is 0 Å². The summed E-state index contributed by atoms with van der Waals surface area (Å²) in [7, 11) is 0. The van der Waals surface area contributed by atoms with Gasteiger partial charge < -0.3 is 10.4 Å². The third-order valence-electron chi connectivity index (χ3n) is 4.26. The second-order valence-electron chi connectivity index (χ2n) is 5.96. The number of benzene rings is 1. The molecule has 1 aromatic rings. The molecule has 0 saturated heterocycles. The molecule has 1 atom stereocenters. The fourth-order valence-corrected chi connectivity index (χ4v) is 2.93. The fraction of sp³-hybridized carbons (Fsp3) is 0.625. The molecule has 1 saturated carbocycles. The minimum Gasteiger partial charge on any atom is -0.392 e. The average molecular weight is 247 g/mol. The van der Waals surface area contributed by atoms with E-state index >= 15 is 0 Å². The van der Waals surface area contributed by atoms with Gasteiger partial charge in [-0.2, -0.15) is 0 Å². The molecular weight excluding hydrogens is 222 g/mol. The summed E-state index contributed by atoms with van der Waals surface area (Å²) >= 11 is 0. The summed E-state index contributed by atoms with van der Waals surface area (Å²) in [6, 6.07) is 11.4. The van der Waals surface area contributed by atoms with Gasteiger partial charge >= 0.3 is 0 Å². The van der Waals surface area contributed by atoms with Crippen LogP contribution in [0.15, 0.2) is 30.3 Å². The Labute approximate surface area is 110 Å². The number of rotatable bonds is 4. The first-order valence-corrected chi connectivity index (χ1v) is 7.07. The van der Waals surface area contributed by atoms with E-state index < -0.39 is 0 Å². The van der Waals surface area contributed by atoms with Gasteiger partial charge in [0.2, 0.25) is 0 Å². The molecule has 2 rings (SSSR count). The van der Waals surface area contributed by atoms with E-state index in [1.807, 2.05) is 6.92 Å². The van der Waals surface area contributed by atoms with Gasteiger partial charge in [-0.25, -0.2) is 0 Å². The molecule has 2 heteroatoms. The second kappa shape index (κ2) is 5.85. The topological polar surface area (TPSA) is 32.3 Å². The molecule has 0 aliphatic heterocycles. The maximum absolute atomic E-state index is 9.30. The summed E-state index contributed by atoms with van der Waals surface area (Å²) in [4.78, 5) is 0. The number of aliphatic hydroxyl groups is 1. The highest BCUT2D eigenvalue weighted by Gasteiger charge is 2.32. The van der Waals surface area contributed by atoms with Gasteiger partial charge in [-0.05, 0) is 43.6 Å². The Bertz CT molecular complexity index is 353. The summed E-state index contributed by atoms with van der Waals surface area (Å²) in [5.74, 6) is 0. The van der Waals surface area contributed by atoms with Crippen molar-refractivity contribution in [3.63, 3.8) is 0 Å². The molecule has 100 valence electrons. The molecule has 0 aromatic heterocycles. The van der Waals surface area contributed by atoms with Crippen molar-refractivity contribution >= 4 is 0 Å². The van der Waals surface area contributed by atoms with Crippen molar-refractivity contribution in [3.05, 3.63) is 35.9 Å². The normalized spacial score (nSPS) is 30.1. The van der Waals surface area contributed by atoms with Crippen LogP contribution in [0.4, 0.5) is 0 Å². The van der Waals surface area contributed by atoms with Crippen LogP contribution in [0, 0.1) is 0 Å². The molecule has 1 unspecified atom stereocenters. The maximum Gasteiger partial charge on any atom is 0.0636 e. The molecule has 1 aliphatic carbocycles. The zero-order chi connectivity index (χ0) is 13.0. The SMILES string of the molecule is CC(O)CNC1CCC(C)(c2ccccc2)CC1. The average Bonchev–Trinajstić information content (AvgIpc) is 2.39. The fourth-order valence-electron chi connectivity index (χ4n) is 2.93. The Balaban J connectivity index is 1.89. The van der Waals surface area contributed by atoms with Crippen LogP contribution < -0.4 is 5.32 Å². The third kappa shape index (κ3) is 3.33. The van der Waals surface area contributed by atoms with E-state index in [2.05, 4.69) is 42.6 Å². The molecule has 2 N–H and O–H groups in total. The molecule has 0 spiro atoms. The molecule has 1 aromatic carbocycles. The van der Waals surface area contributed by atoms with Crippen molar-refractivity contribution in [2.24, 2.45) is 0 Å². The highest BCUT2D eigenvalue weighted by molar-refractivity contribution is 5.25. The Hall–Kier alpha value is -0.860. The lowest BCUT2D eigenvalue weighted by Gasteiger charge is -2.38. The minimum atomic E-state index is -0.243. The van der Waals surface area contributed by atoms with Crippen LogP contribution in [0.2, 0.25) is 0 Å². The zero-order valence-corrected chi connectivity index (χ0v) is 11.5. The number of aliphatic hydroxyl groups excluding tert-OH is 1. The first kappa shape index (κ1) is 13.6. The van der Waals surface area contributed by atoms with Gasteiger partial charge in [0.25, 0.3) is 0 Å². The smallest absolute Gasteiger partial charge is 0.0636 e. The minimum absolute atomic E-state index is 0.243. The van der Waals surface area contributed by atoms with Crippen LogP contribution >= 0.6 is 0 Å². The van der Waals surface area contributed by atoms with Crippen molar-refractivity contribution < 1.29 is 5.11 Å². The van der Waals surface area contributed by atoms with Gasteiger partial charge in [-0.3, -0.25) is 0 Å². The van der Waals surface area contributed by atoms with Crippen molar-refractivity contribution in [1.29, 1.82) is 0 Å². The molecule has 0 radical (unpaired) electrons. The summed E-state index contributed by atoms with van der Waals surface area (Å²) < 4.78 is 0. The van der Waals surface area contributed by atoms with Crippen LogP contribution in [0.25, 0.3) is 0 Å². The number of hydrogen-bond acceptors (Lipinski definition) is 2. The van der Waals surface area contributed by atoms with E-state index in [-0.39, 0.29) is 6.10 Å². The standard InChI is InChI=1S/C16H25NO/c1-13(18)12-17-15-8-10-16(2,11-9-15)14-6-4-3-5-7-14/h3-7,13,15,17-18H,8-12H2,1-2H3. The van der Waals surface area contributed by atoms with Gasteiger partial charge in [-0.15, -0.1) is 0 Å². The largest absolute Gasteiger partial charge is 0.392 e. The highest BCUT2D eigenvalue weighted by atomic mass is 16.3. The lowest BCUT2D eigenvalue weighted by molar-refractivity contribution is 0.174. The Morgan fingerprint density at radius 2 is 1.89 bits per heavy atom. The zero-order valence-electron chi connectivity index (χ0n) is 11.5. The molecule has 18 heavy (non-hydrogen) atoms. The Kier molecular flexibility index (Phi) is 4.41. The lowest BCUT2D eigenvalue weighted by Crippen LogP contribution is -2.40. The third-order valence-corrected chi connectivity index (χ3v) is 4.26. The lowest BCUT2D eigenvalue weighted by atomic mass is 9.69. The van der Waals surface area contributed by atoms with Gasteiger partial charge in [0.15, 0.2) is 0 Å². The molecule has 2 nitrogen and oxygen atoms in total. The van der Waals surface area contributed by atoms with E-state index in [1.165, 1.54) is 31.2 Å². The van der Waals surface area contributed by atoms with E-state index in [0.29, 0.717) is 18.0 Å². The van der Waals surface area contributed by atoms with Crippen LogP contribution in [0.3, 0.4) is 0 Å². The summed E-state index contributed by atoms with van der Waals surface area (Å²) in [5.41, 5.74) is 1.81. The molecule has 1 aliphatic rings. The van der Waals surface area contributed by atoms with Crippen LogP contribution in [-0.2, 0) is 5.41 Å². The van der Waals surface area contributed by atoms with E-state index in [1.54, 1.807) is 0 Å². The van der Waals surface area contributed by atoms with Crippen molar-refractivity contribution in [2.45, 2.75) is 57.1 Å².